The third kappa shape index (κ3) is 2.73. The number of carbonyl (C=O) groups excluding carboxylic acids is 1. The standard InChI is InChI=1S/C18H18N4OS/c1-13-20-15(12-24-13)10-17(23)22-9-8-21-7-3-5-16(21)18(22)14-4-2-6-19-11-14/h2-7,11-12,18H,8-10H2,1H3/t18-/m0/s1. The molecule has 0 saturated carbocycles. The molecule has 5 nitrogen and oxygen atoms in total. The summed E-state index contributed by atoms with van der Waals surface area (Å²) in [4.78, 5) is 23.6. The highest BCUT2D eigenvalue weighted by molar-refractivity contribution is 7.09. The van der Waals surface area contributed by atoms with Gasteiger partial charge in [-0.25, -0.2) is 4.98 Å². The van der Waals surface area contributed by atoms with Crippen molar-refractivity contribution >= 4 is 17.2 Å². The van der Waals surface area contributed by atoms with Gasteiger partial charge in [0.1, 0.15) is 0 Å². The zero-order valence-corrected chi connectivity index (χ0v) is 14.2. The van der Waals surface area contributed by atoms with E-state index in [1.807, 2.05) is 41.6 Å². The van der Waals surface area contributed by atoms with Gasteiger partial charge in [0.15, 0.2) is 0 Å². The SMILES string of the molecule is Cc1nc(CC(=O)N2CCn3cccc3[C@@H]2c2cccnc2)cs1. The molecule has 6 heteroatoms. The molecule has 0 aliphatic carbocycles. The molecule has 1 amide bonds. The number of aromatic nitrogens is 3. The quantitative estimate of drug-likeness (QED) is 0.738. The molecule has 0 unspecified atom stereocenters. The molecular formula is C18H18N4OS. The normalized spacial score (nSPS) is 16.9. The molecule has 3 aromatic heterocycles. The van der Waals surface area contributed by atoms with Crippen LogP contribution in [-0.4, -0.2) is 31.9 Å². The van der Waals surface area contributed by atoms with E-state index in [4.69, 9.17) is 0 Å². The van der Waals surface area contributed by atoms with Crippen LogP contribution in [0.15, 0.2) is 48.2 Å². The maximum absolute atomic E-state index is 13.0. The molecule has 0 radical (unpaired) electrons. The first-order valence-electron chi connectivity index (χ1n) is 7.98. The molecule has 0 bridgehead atoms. The summed E-state index contributed by atoms with van der Waals surface area (Å²) in [5, 5.41) is 2.97. The van der Waals surface area contributed by atoms with Crippen molar-refractivity contribution in [3.05, 3.63) is 70.2 Å². The highest BCUT2D eigenvalue weighted by atomic mass is 32.1. The second-order valence-corrected chi connectivity index (χ2v) is 7.00. The van der Waals surface area contributed by atoms with Crippen LogP contribution < -0.4 is 0 Å². The van der Waals surface area contributed by atoms with E-state index in [1.54, 1.807) is 17.5 Å². The molecule has 0 saturated heterocycles. The molecule has 1 aliphatic heterocycles. The Kier molecular flexibility index (Phi) is 3.90. The summed E-state index contributed by atoms with van der Waals surface area (Å²) in [6.07, 6.45) is 6.03. The number of hydrogen-bond acceptors (Lipinski definition) is 4. The van der Waals surface area contributed by atoms with Crippen molar-refractivity contribution in [3.8, 4) is 0 Å². The van der Waals surface area contributed by atoms with Gasteiger partial charge in [0.2, 0.25) is 5.91 Å². The third-order valence-electron chi connectivity index (χ3n) is 4.36. The molecule has 4 rings (SSSR count). The molecule has 0 spiro atoms. The summed E-state index contributed by atoms with van der Waals surface area (Å²) < 4.78 is 2.22. The van der Waals surface area contributed by atoms with Crippen LogP contribution in [0, 0.1) is 6.92 Å². The largest absolute Gasteiger partial charge is 0.348 e. The first-order chi connectivity index (χ1) is 11.7. The zero-order chi connectivity index (χ0) is 16.5. The van der Waals surface area contributed by atoms with Crippen LogP contribution in [0.25, 0.3) is 0 Å². The predicted octanol–water partition coefficient (Wildman–Crippen LogP) is 2.82. The molecule has 1 atom stereocenters. The lowest BCUT2D eigenvalue weighted by atomic mass is 10.0. The van der Waals surface area contributed by atoms with Crippen LogP contribution in [0.2, 0.25) is 0 Å². The highest BCUT2D eigenvalue weighted by Gasteiger charge is 2.32. The lowest BCUT2D eigenvalue weighted by Crippen LogP contribution is -2.43. The second-order valence-electron chi connectivity index (χ2n) is 5.94. The molecule has 1 aliphatic rings. The van der Waals surface area contributed by atoms with E-state index < -0.39 is 0 Å². The number of pyridine rings is 1. The van der Waals surface area contributed by atoms with Gasteiger partial charge in [-0.3, -0.25) is 9.78 Å². The van der Waals surface area contributed by atoms with Gasteiger partial charge in [-0.15, -0.1) is 11.3 Å². The lowest BCUT2D eigenvalue weighted by Gasteiger charge is -2.37. The monoisotopic (exact) mass is 338 g/mol. The maximum atomic E-state index is 13.0. The van der Waals surface area contributed by atoms with E-state index in [0.29, 0.717) is 13.0 Å². The first kappa shape index (κ1) is 15.1. The van der Waals surface area contributed by atoms with Gasteiger partial charge in [0.25, 0.3) is 0 Å². The fourth-order valence-electron chi connectivity index (χ4n) is 3.29. The molecule has 0 N–H and O–H groups in total. The predicted molar refractivity (Wildman–Crippen MR) is 92.8 cm³/mol. The van der Waals surface area contributed by atoms with Gasteiger partial charge in [-0.05, 0) is 30.7 Å². The van der Waals surface area contributed by atoms with Crippen molar-refractivity contribution in [2.45, 2.75) is 25.9 Å². The number of aryl methyl sites for hydroxylation is 1. The molecular weight excluding hydrogens is 320 g/mol. The smallest absolute Gasteiger partial charge is 0.229 e. The van der Waals surface area contributed by atoms with Gasteiger partial charge in [-0.2, -0.15) is 0 Å². The minimum Gasteiger partial charge on any atom is -0.348 e. The zero-order valence-electron chi connectivity index (χ0n) is 13.4. The van der Waals surface area contributed by atoms with E-state index in [9.17, 15) is 4.79 Å². The van der Waals surface area contributed by atoms with Gasteiger partial charge in [0, 0.05) is 42.8 Å². The Bertz CT molecular complexity index is 855. The number of fused-ring (bicyclic) bond motifs is 1. The highest BCUT2D eigenvalue weighted by Crippen LogP contribution is 2.32. The van der Waals surface area contributed by atoms with Crippen molar-refractivity contribution in [3.63, 3.8) is 0 Å². The summed E-state index contributed by atoms with van der Waals surface area (Å²) in [5.41, 5.74) is 3.03. The Morgan fingerprint density at radius 1 is 1.33 bits per heavy atom. The Morgan fingerprint density at radius 3 is 3.00 bits per heavy atom. The summed E-state index contributed by atoms with van der Waals surface area (Å²) in [5.74, 6) is 0.113. The molecule has 122 valence electrons. The van der Waals surface area contributed by atoms with Crippen LogP contribution in [0.1, 0.15) is 28.0 Å². The van der Waals surface area contributed by atoms with E-state index in [1.165, 1.54) is 0 Å². The Labute approximate surface area is 144 Å². The Balaban J connectivity index is 1.67. The fraction of sp³-hybridized carbons (Fsp3) is 0.278. The van der Waals surface area contributed by atoms with Gasteiger partial charge in [-0.1, -0.05) is 6.07 Å². The van der Waals surface area contributed by atoms with Gasteiger partial charge >= 0.3 is 0 Å². The minimum atomic E-state index is -0.0883. The average molecular weight is 338 g/mol. The van der Waals surface area contributed by atoms with Crippen molar-refractivity contribution < 1.29 is 4.79 Å². The molecule has 24 heavy (non-hydrogen) atoms. The Hall–Kier alpha value is -2.47. The number of thiazole rings is 1. The maximum Gasteiger partial charge on any atom is 0.229 e. The van der Waals surface area contributed by atoms with Crippen LogP contribution in [0.3, 0.4) is 0 Å². The average Bonchev–Trinajstić information content (AvgIpc) is 3.23. The van der Waals surface area contributed by atoms with Crippen molar-refractivity contribution in [2.75, 3.05) is 6.54 Å². The topological polar surface area (TPSA) is 51.0 Å². The lowest BCUT2D eigenvalue weighted by molar-refractivity contribution is -0.133. The van der Waals surface area contributed by atoms with Gasteiger partial charge < -0.3 is 9.47 Å². The van der Waals surface area contributed by atoms with Crippen LogP contribution in [0.5, 0.6) is 0 Å². The second kappa shape index (κ2) is 6.20. The summed E-state index contributed by atoms with van der Waals surface area (Å²) in [7, 11) is 0. The minimum absolute atomic E-state index is 0.0883. The number of carbonyl (C=O) groups is 1. The third-order valence-corrected chi connectivity index (χ3v) is 5.18. The number of amides is 1. The Morgan fingerprint density at radius 2 is 2.25 bits per heavy atom. The molecule has 0 fully saturated rings. The van der Waals surface area contributed by atoms with E-state index in [0.717, 1.165) is 28.5 Å². The van der Waals surface area contributed by atoms with Crippen LogP contribution in [-0.2, 0) is 17.8 Å². The summed E-state index contributed by atoms with van der Waals surface area (Å²) >= 11 is 1.58. The number of nitrogens with zero attached hydrogens (tertiary/aromatic N) is 4. The molecule has 4 heterocycles. The summed E-state index contributed by atoms with van der Waals surface area (Å²) in [6, 6.07) is 7.99. The molecule has 0 aromatic carbocycles. The number of hydrogen-bond donors (Lipinski definition) is 0. The summed E-state index contributed by atoms with van der Waals surface area (Å²) in [6.45, 7) is 3.48. The van der Waals surface area contributed by atoms with Crippen molar-refractivity contribution in [1.82, 2.24) is 19.4 Å². The van der Waals surface area contributed by atoms with Crippen LogP contribution in [0.4, 0.5) is 0 Å². The van der Waals surface area contributed by atoms with Crippen LogP contribution >= 0.6 is 11.3 Å². The van der Waals surface area contributed by atoms with E-state index in [2.05, 4.69) is 26.8 Å². The van der Waals surface area contributed by atoms with E-state index >= 15 is 0 Å². The molecule has 3 aromatic rings. The first-order valence-corrected chi connectivity index (χ1v) is 8.86. The van der Waals surface area contributed by atoms with Crippen molar-refractivity contribution in [2.24, 2.45) is 0 Å². The van der Waals surface area contributed by atoms with E-state index in [-0.39, 0.29) is 11.9 Å². The number of rotatable bonds is 3. The fourth-order valence-corrected chi connectivity index (χ4v) is 3.90. The van der Waals surface area contributed by atoms with Gasteiger partial charge in [0.05, 0.1) is 23.2 Å². The van der Waals surface area contributed by atoms with Crippen molar-refractivity contribution in [1.29, 1.82) is 0 Å².